The molecule has 2 rings (SSSR count). The summed E-state index contributed by atoms with van der Waals surface area (Å²) < 4.78 is 5.48. The van der Waals surface area contributed by atoms with Gasteiger partial charge in [-0.3, -0.25) is 4.79 Å². The summed E-state index contributed by atoms with van der Waals surface area (Å²) >= 11 is 0. The number of hydrogen-bond acceptors (Lipinski definition) is 3. The van der Waals surface area contributed by atoms with E-state index in [0.717, 1.165) is 37.9 Å². The standard InChI is InChI=1S/C16H23NO3/c1-2-11-20-14-7-5-13(6-8-14)15(18)17-12-16(19)9-3-4-10-16/h5-8,19H,2-4,9-12H2,1H3,(H,17,18). The zero-order valence-corrected chi connectivity index (χ0v) is 12.0. The molecule has 1 fully saturated rings. The van der Waals surface area contributed by atoms with E-state index >= 15 is 0 Å². The first-order chi connectivity index (χ1) is 9.63. The van der Waals surface area contributed by atoms with E-state index in [0.29, 0.717) is 18.7 Å². The molecule has 0 aromatic heterocycles. The van der Waals surface area contributed by atoms with Crippen LogP contribution in [0.25, 0.3) is 0 Å². The van der Waals surface area contributed by atoms with E-state index in [2.05, 4.69) is 12.2 Å². The summed E-state index contributed by atoms with van der Waals surface area (Å²) in [6.45, 7) is 3.06. The number of nitrogens with one attached hydrogen (secondary N) is 1. The Morgan fingerprint density at radius 2 is 1.95 bits per heavy atom. The third-order valence-electron chi connectivity index (χ3n) is 3.70. The molecular weight excluding hydrogens is 254 g/mol. The lowest BCUT2D eigenvalue weighted by Crippen LogP contribution is -2.40. The van der Waals surface area contributed by atoms with E-state index < -0.39 is 5.60 Å². The summed E-state index contributed by atoms with van der Waals surface area (Å²) in [7, 11) is 0. The van der Waals surface area contributed by atoms with E-state index in [-0.39, 0.29) is 5.91 Å². The van der Waals surface area contributed by atoms with Crippen LogP contribution < -0.4 is 10.1 Å². The molecule has 0 heterocycles. The Morgan fingerprint density at radius 3 is 2.55 bits per heavy atom. The first-order valence-corrected chi connectivity index (χ1v) is 7.36. The number of aliphatic hydroxyl groups is 1. The fraction of sp³-hybridized carbons (Fsp3) is 0.562. The smallest absolute Gasteiger partial charge is 0.251 e. The van der Waals surface area contributed by atoms with Crippen LogP contribution in [0.5, 0.6) is 5.75 Å². The molecule has 1 saturated carbocycles. The molecule has 1 aliphatic carbocycles. The van der Waals surface area contributed by atoms with Crippen molar-refractivity contribution in [2.75, 3.05) is 13.2 Å². The topological polar surface area (TPSA) is 58.6 Å². The molecule has 0 saturated heterocycles. The average Bonchev–Trinajstić information content (AvgIpc) is 2.90. The molecule has 0 atom stereocenters. The molecule has 0 spiro atoms. The predicted molar refractivity (Wildman–Crippen MR) is 78.0 cm³/mol. The van der Waals surface area contributed by atoms with Gasteiger partial charge in [-0.25, -0.2) is 0 Å². The molecule has 1 aliphatic rings. The van der Waals surface area contributed by atoms with Crippen LogP contribution in [0.15, 0.2) is 24.3 Å². The van der Waals surface area contributed by atoms with Crippen LogP contribution in [-0.4, -0.2) is 29.8 Å². The van der Waals surface area contributed by atoms with E-state index in [1.807, 2.05) is 0 Å². The SMILES string of the molecule is CCCOc1ccc(C(=O)NCC2(O)CCCC2)cc1. The molecule has 1 aromatic carbocycles. The van der Waals surface area contributed by atoms with E-state index in [4.69, 9.17) is 4.74 Å². The third-order valence-corrected chi connectivity index (χ3v) is 3.70. The lowest BCUT2D eigenvalue weighted by molar-refractivity contribution is 0.0449. The number of benzene rings is 1. The highest BCUT2D eigenvalue weighted by atomic mass is 16.5. The summed E-state index contributed by atoms with van der Waals surface area (Å²) in [5.74, 6) is 0.630. The largest absolute Gasteiger partial charge is 0.494 e. The maximum atomic E-state index is 12.0. The average molecular weight is 277 g/mol. The van der Waals surface area contributed by atoms with Gasteiger partial charge >= 0.3 is 0 Å². The van der Waals surface area contributed by atoms with Crippen molar-refractivity contribution in [2.45, 2.75) is 44.6 Å². The van der Waals surface area contributed by atoms with Gasteiger partial charge in [0.1, 0.15) is 5.75 Å². The normalized spacial score (nSPS) is 16.9. The number of hydrogen-bond donors (Lipinski definition) is 2. The molecule has 1 aromatic rings. The summed E-state index contributed by atoms with van der Waals surface area (Å²) in [4.78, 5) is 12.0. The van der Waals surface area contributed by atoms with Crippen molar-refractivity contribution in [3.05, 3.63) is 29.8 Å². The Hall–Kier alpha value is -1.55. The molecule has 0 radical (unpaired) electrons. The van der Waals surface area contributed by atoms with Gasteiger partial charge in [0, 0.05) is 12.1 Å². The molecule has 0 bridgehead atoms. The second-order valence-electron chi connectivity index (χ2n) is 5.49. The van der Waals surface area contributed by atoms with Gasteiger partial charge in [0.25, 0.3) is 5.91 Å². The summed E-state index contributed by atoms with van der Waals surface area (Å²) in [6, 6.07) is 7.10. The number of rotatable bonds is 6. The Labute approximate surface area is 120 Å². The van der Waals surface area contributed by atoms with Crippen molar-refractivity contribution in [2.24, 2.45) is 0 Å². The second kappa shape index (κ2) is 6.75. The zero-order chi connectivity index (χ0) is 14.4. The van der Waals surface area contributed by atoms with Crippen LogP contribution in [0.4, 0.5) is 0 Å². The van der Waals surface area contributed by atoms with Gasteiger partial charge in [-0.05, 0) is 43.5 Å². The Kier molecular flexibility index (Phi) is 5.01. The number of carbonyl (C=O) groups is 1. The van der Waals surface area contributed by atoms with Crippen LogP contribution in [0.3, 0.4) is 0 Å². The highest BCUT2D eigenvalue weighted by molar-refractivity contribution is 5.94. The van der Waals surface area contributed by atoms with Crippen molar-refractivity contribution in [3.63, 3.8) is 0 Å². The van der Waals surface area contributed by atoms with Crippen molar-refractivity contribution in [1.82, 2.24) is 5.32 Å². The quantitative estimate of drug-likeness (QED) is 0.840. The molecule has 2 N–H and O–H groups in total. The van der Waals surface area contributed by atoms with Gasteiger partial charge in [0.15, 0.2) is 0 Å². The molecule has 4 nitrogen and oxygen atoms in total. The van der Waals surface area contributed by atoms with Gasteiger partial charge in [-0.15, -0.1) is 0 Å². The van der Waals surface area contributed by atoms with Crippen LogP contribution >= 0.6 is 0 Å². The minimum atomic E-state index is -0.708. The maximum Gasteiger partial charge on any atom is 0.251 e. The molecule has 0 aliphatic heterocycles. The summed E-state index contributed by atoms with van der Waals surface area (Å²) in [6.07, 6.45) is 4.58. The lowest BCUT2D eigenvalue weighted by Gasteiger charge is -2.22. The van der Waals surface area contributed by atoms with E-state index in [1.165, 1.54) is 0 Å². The van der Waals surface area contributed by atoms with Crippen molar-refractivity contribution in [3.8, 4) is 5.75 Å². The van der Waals surface area contributed by atoms with Gasteiger partial charge < -0.3 is 15.2 Å². The second-order valence-corrected chi connectivity index (χ2v) is 5.49. The Balaban J connectivity index is 1.85. The molecule has 20 heavy (non-hydrogen) atoms. The van der Waals surface area contributed by atoms with E-state index in [1.54, 1.807) is 24.3 Å². The molecule has 110 valence electrons. The highest BCUT2D eigenvalue weighted by Crippen LogP contribution is 2.28. The molecule has 1 amide bonds. The van der Waals surface area contributed by atoms with Crippen molar-refractivity contribution < 1.29 is 14.6 Å². The summed E-state index contributed by atoms with van der Waals surface area (Å²) in [5.41, 5.74) is -0.115. The number of amides is 1. The summed E-state index contributed by atoms with van der Waals surface area (Å²) in [5, 5.41) is 13.0. The van der Waals surface area contributed by atoms with Crippen molar-refractivity contribution in [1.29, 1.82) is 0 Å². The molecule has 4 heteroatoms. The lowest BCUT2D eigenvalue weighted by atomic mass is 10.0. The molecule has 0 unspecified atom stereocenters. The third kappa shape index (κ3) is 3.97. The minimum absolute atomic E-state index is 0.146. The zero-order valence-electron chi connectivity index (χ0n) is 12.0. The fourth-order valence-corrected chi connectivity index (χ4v) is 2.48. The maximum absolute atomic E-state index is 12.0. The van der Waals surface area contributed by atoms with Gasteiger partial charge in [0.2, 0.25) is 0 Å². The van der Waals surface area contributed by atoms with Crippen molar-refractivity contribution >= 4 is 5.91 Å². The van der Waals surface area contributed by atoms with Gasteiger partial charge in [-0.2, -0.15) is 0 Å². The first kappa shape index (κ1) is 14.9. The minimum Gasteiger partial charge on any atom is -0.494 e. The fourth-order valence-electron chi connectivity index (χ4n) is 2.48. The monoisotopic (exact) mass is 277 g/mol. The van der Waals surface area contributed by atoms with Gasteiger partial charge in [-0.1, -0.05) is 19.8 Å². The highest BCUT2D eigenvalue weighted by Gasteiger charge is 2.31. The van der Waals surface area contributed by atoms with Crippen LogP contribution in [0.1, 0.15) is 49.4 Å². The van der Waals surface area contributed by atoms with E-state index in [9.17, 15) is 9.90 Å². The molecular formula is C16H23NO3. The van der Waals surface area contributed by atoms with Gasteiger partial charge in [0.05, 0.1) is 12.2 Å². The van der Waals surface area contributed by atoms with Crippen LogP contribution in [0, 0.1) is 0 Å². The number of ether oxygens (including phenoxy) is 1. The predicted octanol–water partition coefficient (Wildman–Crippen LogP) is 2.51. The number of carbonyl (C=O) groups excluding carboxylic acids is 1. The van der Waals surface area contributed by atoms with Crippen LogP contribution in [0.2, 0.25) is 0 Å². The Bertz CT molecular complexity index is 436. The first-order valence-electron chi connectivity index (χ1n) is 7.36. The Morgan fingerprint density at radius 1 is 1.30 bits per heavy atom. The van der Waals surface area contributed by atoms with Crippen LogP contribution in [-0.2, 0) is 0 Å².